The molecule has 1 heterocycles. The highest BCUT2D eigenvalue weighted by Crippen LogP contribution is 2.24. The number of carbonyl (C=O) groups is 1. The highest BCUT2D eigenvalue weighted by molar-refractivity contribution is 5.72. The van der Waals surface area contributed by atoms with Crippen LogP contribution < -0.4 is 0 Å². The van der Waals surface area contributed by atoms with E-state index in [4.69, 9.17) is 14.6 Å². The Morgan fingerprint density at radius 2 is 2.00 bits per heavy atom. The van der Waals surface area contributed by atoms with Crippen molar-refractivity contribution in [1.29, 1.82) is 0 Å². The third-order valence-electron chi connectivity index (χ3n) is 3.20. The van der Waals surface area contributed by atoms with Gasteiger partial charge in [0.1, 0.15) is 0 Å². The molecular formula is C11H18O4. The minimum absolute atomic E-state index is 0.00769. The van der Waals surface area contributed by atoms with Gasteiger partial charge in [0, 0.05) is 0 Å². The van der Waals surface area contributed by atoms with E-state index < -0.39 is 12.1 Å². The van der Waals surface area contributed by atoms with E-state index in [1.54, 1.807) is 0 Å². The Morgan fingerprint density at radius 3 is 2.60 bits per heavy atom. The van der Waals surface area contributed by atoms with Gasteiger partial charge in [0.25, 0.3) is 0 Å². The van der Waals surface area contributed by atoms with Gasteiger partial charge in [-0.1, -0.05) is 12.8 Å². The van der Waals surface area contributed by atoms with Crippen molar-refractivity contribution in [3.8, 4) is 0 Å². The first-order valence-electron chi connectivity index (χ1n) is 5.75. The fourth-order valence-electron chi connectivity index (χ4n) is 2.31. The molecule has 4 heteroatoms. The second-order valence-electron chi connectivity index (χ2n) is 4.40. The number of aliphatic carboxylic acids is 1. The Kier molecular flexibility index (Phi) is 3.59. The Balaban J connectivity index is 1.66. The number of carboxylic acids is 1. The summed E-state index contributed by atoms with van der Waals surface area (Å²) in [7, 11) is 0. The quantitative estimate of drug-likeness (QED) is 0.772. The van der Waals surface area contributed by atoms with E-state index in [9.17, 15) is 4.79 Å². The van der Waals surface area contributed by atoms with Crippen molar-refractivity contribution < 1.29 is 19.4 Å². The maximum absolute atomic E-state index is 10.6. The summed E-state index contributed by atoms with van der Waals surface area (Å²) in [6.07, 6.45) is 6.01. The van der Waals surface area contributed by atoms with Crippen LogP contribution in [0.3, 0.4) is 0 Å². The van der Waals surface area contributed by atoms with Crippen LogP contribution in [0.4, 0.5) is 0 Å². The summed E-state index contributed by atoms with van der Waals surface area (Å²) in [5.41, 5.74) is 0. The molecule has 86 valence electrons. The van der Waals surface area contributed by atoms with Gasteiger partial charge in [-0.05, 0) is 25.7 Å². The van der Waals surface area contributed by atoms with Crippen LogP contribution in [0.5, 0.6) is 0 Å². The fourth-order valence-corrected chi connectivity index (χ4v) is 2.31. The first kappa shape index (κ1) is 10.9. The van der Waals surface area contributed by atoms with Gasteiger partial charge in [-0.2, -0.15) is 0 Å². The van der Waals surface area contributed by atoms with Crippen molar-refractivity contribution >= 4 is 5.97 Å². The summed E-state index contributed by atoms with van der Waals surface area (Å²) < 4.78 is 11.1. The van der Waals surface area contributed by atoms with E-state index in [0.29, 0.717) is 19.1 Å². The molecule has 0 amide bonds. The molecule has 0 aromatic rings. The zero-order valence-corrected chi connectivity index (χ0v) is 8.85. The van der Waals surface area contributed by atoms with E-state index in [2.05, 4.69) is 0 Å². The summed E-state index contributed by atoms with van der Waals surface area (Å²) in [5.74, 6) is -0.849. The molecule has 0 spiro atoms. The number of hydrogen-bond acceptors (Lipinski definition) is 3. The highest BCUT2D eigenvalue weighted by atomic mass is 16.6. The van der Waals surface area contributed by atoms with Crippen molar-refractivity contribution in [3.05, 3.63) is 0 Å². The molecule has 0 bridgehead atoms. The van der Waals surface area contributed by atoms with Crippen LogP contribution in [0.25, 0.3) is 0 Å². The SMILES string of the molecule is O=C(O)C1CCC(COC2CCCC2)O1. The molecule has 1 saturated carbocycles. The van der Waals surface area contributed by atoms with Gasteiger partial charge in [0.15, 0.2) is 6.10 Å². The summed E-state index contributed by atoms with van der Waals surface area (Å²) in [4.78, 5) is 10.6. The average Bonchev–Trinajstić information content (AvgIpc) is 2.86. The third-order valence-corrected chi connectivity index (χ3v) is 3.20. The van der Waals surface area contributed by atoms with E-state index in [0.717, 1.165) is 19.3 Å². The molecule has 2 fully saturated rings. The lowest BCUT2D eigenvalue weighted by atomic mass is 10.2. The third kappa shape index (κ3) is 2.92. The maximum atomic E-state index is 10.6. The largest absolute Gasteiger partial charge is 0.479 e. The van der Waals surface area contributed by atoms with Crippen LogP contribution in [0, 0.1) is 0 Å². The monoisotopic (exact) mass is 214 g/mol. The predicted octanol–water partition coefficient (Wildman–Crippen LogP) is 1.58. The van der Waals surface area contributed by atoms with Crippen molar-refractivity contribution in [2.24, 2.45) is 0 Å². The molecule has 15 heavy (non-hydrogen) atoms. The molecule has 4 nitrogen and oxygen atoms in total. The maximum Gasteiger partial charge on any atom is 0.332 e. The van der Waals surface area contributed by atoms with Crippen LogP contribution in [0.2, 0.25) is 0 Å². The van der Waals surface area contributed by atoms with Gasteiger partial charge in [-0.3, -0.25) is 0 Å². The molecule has 1 aliphatic heterocycles. The molecule has 1 N–H and O–H groups in total. The normalized spacial score (nSPS) is 32.3. The van der Waals surface area contributed by atoms with Crippen molar-refractivity contribution in [3.63, 3.8) is 0 Å². The first-order chi connectivity index (χ1) is 7.25. The fraction of sp³-hybridized carbons (Fsp3) is 0.909. The number of rotatable bonds is 4. The predicted molar refractivity (Wildman–Crippen MR) is 53.7 cm³/mol. The zero-order chi connectivity index (χ0) is 10.7. The molecule has 0 aromatic carbocycles. The molecular weight excluding hydrogens is 196 g/mol. The van der Waals surface area contributed by atoms with Crippen molar-refractivity contribution in [2.75, 3.05) is 6.61 Å². The van der Waals surface area contributed by atoms with E-state index in [1.165, 1.54) is 12.8 Å². The zero-order valence-electron chi connectivity index (χ0n) is 8.85. The van der Waals surface area contributed by atoms with E-state index >= 15 is 0 Å². The molecule has 2 unspecified atom stereocenters. The molecule has 2 rings (SSSR count). The van der Waals surface area contributed by atoms with Crippen molar-refractivity contribution in [2.45, 2.75) is 56.8 Å². The second-order valence-corrected chi connectivity index (χ2v) is 4.40. The first-order valence-corrected chi connectivity index (χ1v) is 5.75. The van der Waals surface area contributed by atoms with Crippen LogP contribution in [-0.2, 0) is 14.3 Å². The van der Waals surface area contributed by atoms with Gasteiger partial charge in [0.2, 0.25) is 0 Å². The van der Waals surface area contributed by atoms with E-state index in [1.807, 2.05) is 0 Å². The molecule has 1 saturated heterocycles. The lowest BCUT2D eigenvalue weighted by molar-refractivity contribution is -0.151. The second kappa shape index (κ2) is 4.94. The summed E-state index contributed by atoms with van der Waals surface area (Å²) >= 11 is 0. The van der Waals surface area contributed by atoms with Crippen LogP contribution in [0.15, 0.2) is 0 Å². The average molecular weight is 214 g/mol. The van der Waals surface area contributed by atoms with E-state index in [-0.39, 0.29) is 6.10 Å². The molecule has 2 aliphatic rings. The summed E-state index contributed by atoms with van der Waals surface area (Å²) in [6.45, 7) is 0.564. The van der Waals surface area contributed by atoms with Crippen LogP contribution >= 0.6 is 0 Å². The lowest BCUT2D eigenvalue weighted by Crippen LogP contribution is -2.24. The highest BCUT2D eigenvalue weighted by Gasteiger charge is 2.31. The minimum atomic E-state index is -0.849. The molecule has 1 aliphatic carbocycles. The standard InChI is InChI=1S/C11H18O4/c12-11(13)10-6-5-9(15-10)7-14-8-3-1-2-4-8/h8-10H,1-7H2,(H,12,13). The number of carboxylic acid groups (broad SMARTS) is 1. The minimum Gasteiger partial charge on any atom is -0.479 e. The van der Waals surface area contributed by atoms with Gasteiger partial charge in [-0.15, -0.1) is 0 Å². The Bertz CT molecular complexity index is 223. The number of hydrogen-bond donors (Lipinski definition) is 1. The molecule has 2 atom stereocenters. The Morgan fingerprint density at radius 1 is 1.27 bits per heavy atom. The molecule has 0 radical (unpaired) electrons. The Hall–Kier alpha value is -0.610. The Labute approximate surface area is 89.6 Å². The summed E-state index contributed by atoms with van der Waals surface area (Å²) in [6, 6.07) is 0. The number of ether oxygens (including phenoxy) is 2. The van der Waals surface area contributed by atoms with Gasteiger partial charge in [0.05, 0.1) is 18.8 Å². The molecule has 0 aromatic heterocycles. The van der Waals surface area contributed by atoms with Crippen LogP contribution in [-0.4, -0.2) is 36.0 Å². The van der Waals surface area contributed by atoms with Crippen molar-refractivity contribution in [1.82, 2.24) is 0 Å². The topological polar surface area (TPSA) is 55.8 Å². The van der Waals surface area contributed by atoms with Crippen LogP contribution in [0.1, 0.15) is 38.5 Å². The van der Waals surface area contributed by atoms with Gasteiger partial charge >= 0.3 is 5.97 Å². The van der Waals surface area contributed by atoms with Gasteiger partial charge in [-0.25, -0.2) is 4.79 Å². The lowest BCUT2D eigenvalue weighted by Gasteiger charge is -2.15. The van der Waals surface area contributed by atoms with Gasteiger partial charge < -0.3 is 14.6 Å². The summed E-state index contributed by atoms with van der Waals surface area (Å²) in [5, 5.41) is 8.74. The smallest absolute Gasteiger partial charge is 0.332 e.